The molecule has 1 saturated heterocycles. The Bertz CT molecular complexity index is 639. The average molecular weight is 271 g/mol. The summed E-state index contributed by atoms with van der Waals surface area (Å²) in [6.45, 7) is 2.07. The molecule has 1 aliphatic rings. The summed E-state index contributed by atoms with van der Waals surface area (Å²) in [5, 5.41) is 10.4. The Morgan fingerprint density at radius 1 is 1.30 bits per heavy atom. The highest BCUT2D eigenvalue weighted by Gasteiger charge is 2.30. The number of hydrogen-bond donors (Lipinski definition) is 1. The second-order valence-corrected chi connectivity index (χ2v) is 5.13. The number of carboxylic acid groups (broad SMARTS) is 1. The fourth-order valence-electron chi connectivity index (χ4n) is 2.72. The Kier molecular flexibility index (Phi) is 3.28. The lowest BCUT2D eigenvalue weighted by Crippen LogP contribution is -2.55. The van der Waals surface area contributed by atoms with Gasteiger partial charge in [0.1, 0.15) is 6.04 Å². The molecule has 3 rings (SSSR count). The van der Waals surface area contributed by atoms with Crippen LogP contribution in [0.15, 0.2) is 36.5 Å². The van der Waals surface area contributed by atoms with E-state index in [0.717, 1.165) is 29.7 Å². The van der Waals surface area contributed by atoms with E-state index in [1.54, 1.807) is 6.20 Å². The van der Waals surface area contributed by atoms with Crippen LogP contribution in [0.1, 0.15) is 0 Å². The first kappa shape index (κ1) is 12.9. The second kappa shape index (κ2) is 5.09. The SMILES string of the molecule is CN1CCN(c2ccnc3ccccc23)CC1C(=O)O. The number of carbonyl (C=O) groups is 1. The van der Waals surface area contributed by atoms with Gasteiger partial charge in [-0.25, -0.2) is 0 Å². The summed E-state index contributed by atoms with van der Waals surface area (Å²) >= 11 is 0. The lowest BCUT2D eigenvalue weighted by Gasteiger charge is -2.38. The van der Waals surface area contributed by atoms with E-state index in [0.29, 0.717) is 6.54 Å². The first-order chi connectivity index (χ1) is 9.66. The van der Waals surface area contributed by atoms with Gasteiger partial charge in [-0.15, -0.1) is 0 Å². The number of anilines is 1. The van der Waals surface area contributed by atoms with Crippen molar-refractivity contribution in [3.63, 3.8) is 0 Å². The molecule has 0 amide bonds. The molecule has 1 N–H and O–H groups in total. The molecule has 2 aromatic rings. The zero-order valence-electron chi connectivity index (χ0n) is 11.4. The highest BCUT2D eigenvalue weighted by Crippen LogP contribution is 2.26. The molecule has 1 fully saturated rings. The number of benzene rings is 1. The number of nitrogens with zero attached hydrogens (tertiary/aromatic N) is 3. The van der Waals surface area contributed by atoms with E-state index in [4.69, 9.17) is 0 Å². The Morgan fingerprint density at radius 2 is 2.10 bits per heavy atom. The molecule has 1 unspecified atom stereocenters. The van der Waals surface area contributed by atoms with Crippen LogP contribution < -0.4 is 4.90 Å². The van der Waals surface area contributed by atoms with E-state index in [2.05, 4.69) is 9.88 Å². The number of likely N-dealkylation sites (N-methyl/N-ethyl adjacent to an activating group) is 1. The van der Waals surface area contributed by atoms with Crippen molar-refractivity contribution in [3.8, 4) is 0 Å². The molecular formula is C15H17N3O2. The van der Waals surface area contributed by atoms with Gasteiger partial charge in [0, 0.05) is 36.9 Å². The van der Waals surface area contributed by atoms with Crippen molar-refractivity contribution in [3.05, 3.63) is 36.5 Å². The molecule has 1 atom stereocenters. The van der Waals surface area contributed by atoms with Crippen LogP contribution in [-0.4, -0.2) is 53.7 Å². The predicted octanol–water partition coefficient (Wildman–Crippen LogP) is 1.44. The van der Waals surface area contributed by atoms with Crippen LogP contribution in [0, 0.1) is 0 Å². The molecule has 1 aliphatic heterocycles. The van der Waals surface area contributed by atoms with Gasteiger partial charge in [0.25, 0.3) is 0 Å². The third-order valence-corrected chi connectivity index (χ3v) is 3.90. The molecule has 0 radical (unpaired) electrons. The summed E-state index contributed by atoms with van der Waals surface area (Å²) in [7, 11) is 1.86. The van der Waals surface area contributed by atoms with Crippen LogP contribution in [0.3, 0.4) is 0 Å². The molecule has 5 nitrogen and oxygen atoms in total. The predicted molar refractivity (Wildman–Crippen MR) is 78.0 cm³/mol. The molecule has 0 aliphatic carbocycles. The van der Waals surface area contributed by atoms with Crippen LogP contribution in [0.2, 0.25) is 0 Å². The van der Waals surface area contributed by atoms with E-state index in [1.807, 2.05) is 42.3 Å². The molecule has 2 heterocycles. The first-order valence-corrected chi connectivity index (χ1v) is 6.68. The van der Waals surface area contributed by atoms with Crippen molar-refractivity contribution in [2.24, 2.45) is 0 Å². The number of hydrogen-bond acceptors (Lipinski definition) is 4. The third kappa shape index (κ3) is 2.20. The normalized spacial score (nSPS) is 20.2. The number of pyridine rings is 1. The Labute approximate surface area is 117 Å². The summed E-state index contributed by atoms with van der Waals surface area (Å²) in [5.74, 6) is -0.768. The maximum atomic E-state index is 11.3. The van der Waals surface area contributed by atoms with E-state index in [9.17, 15) is 9.90 Å². The van der Waals surface area contributed by atoms with Crippen molar-refractivity contribution >= 4 is 22.6 Å². The van der Waals surface area contributed by atoms with Crippen LogP contribution in [0.5, 0.6) is 0 Å². The molecule has 1 aromatic heterocycles. The van der Waals surface area contributed by atoms with Gasteiger partial charge in [-0.3, -0.25) is 14.7 Å². The number of fused-ring (bicyclic) bond motifs is 1. The average Bonchev–Trinajstić information content (AvgIpc) is 2.47. The molecule has 0 saturated carbocycles. The van der Waals surface area contributed by atoms with Gasteiger partial charge in [-0.2, -0.15) is 0 Å². The Balaban J connectivity index is 1.97. The van der Waals surface area contributed by atoms with Crippen molar-refractivity contribution in [2.75, 3.05) is 31.6 Å². The van der Waals surface area contributed by atoms with Crippen LogP contribution in [-0.2, 0) is 4.79 Å². The molecule has 20 heavy (non-hydrogen) atoms. The fourth-order valence-corrected chi connectivity index (χ4v) is 2.72. The van der Waals surface area contributed by atoms with Crippen molar-refractivity contribution in [1.82, 2.24) is 9.88 Å². The maximum absolute atomic E-state index is 11.3. The van der Waals surface area contributed by atoms with E-state index >= 15 is 0 Å². The van der Waals surface area contributed by atoms with E-state index < -0.39 is 12.0 Å². The topological polar surface area (TPSA) is 56.7 Å². The van der Waals surface area contributed by atoms with Crippen molar-refractivity contribution < 1.29 is 9.90 Å². The van der Waals surface area contributed by atoms with Gasteiger partial charge in [0.2, 0.25) is 0 Å². The minimum atomic E-state index is -0.768. The summed E-state index contributed by atoms with van der Waals surface area (Å²) in [6.07, 6.45) is 1.78. The van der Waals surface area contributed by atoms with Crippen molar-refractivity contribution in [2.45, 2.75) is 6.04 Å². The minimum Gasteiger partial charge on any atom is -0.480 e. The highest BCUT2D eigenvalue weighted by atomic mass is 16.4. The standard InChI is InChI=1S/C15H17N3O2/c1-17-8-9-18(10-14(17)15(19)20)13-6-7-16-12-5-3-2-4-11(12)13/h2-7,14H,8-10H2,1H3,(H,19,20). The Hall–Kier alpha value is -2.14. The molecule has 0 spiro atoms. The molecule has 5 heteroatoms. The molecular weight excluding hydrogens is 254 g/mol. The number of rotatable bonds is 2. The number of para-hydroxylation sites is 1. The molecule has 0 bridgehead atoms. The van der Waals surface area contributed by atoms with Gasteiger partial charge in [0.05, 0.1) is 5.52 Å². The lowest BCUT2D eigenvalue weighted by atomic mass is 10.1. The van der Waals surface area contributed by atoms with Crippen LogP contribution in [0.25, 0.3) is 10.9 Å². The first-order valence-electron chi connectivity index (χ1n) is 6.68. The van der Waals surface area contributed by atoms with Crippen LogP contribution >= 0.6 is 0 Å². The zero-order valence-corrected chi connectivity index (χ0v) is 11.4. The number of aromatic nitrogens is 1. The van der Waals surface area contributed by atoms with Gasteiger partial charge < -0.3 is 10.0 Å². The second-order valence-electron chi connectivity index (χ2n) is 5.13. The summed E-state index contributed by atoms with van der Waals surface area (Å²) in [6, 6.07) is 9.46. The summed E-state index contributed by atoms with van der Waals surface area (Å²) < 4.78 is 0. The third-order valence-electron chi connectivity index (χ3n) is 3.90. The number of aliphatic carboxylic acids is 1. The van der Waals surface area contributed by atoms with E-state index in [1.165, 1.54) is 0 Å². The number of piperazine rings is 1. The summed E-state index contributed by atoms with van der Waals surface area (Å²) in [5.41, 5.74) is 2.01. The van der Waals surface area contributed by atoms with E-state index in [-0.39, 0.29) is 0 Å². The van der Waals surface area contributed by atoms with Gasteiger partial charge >= 0.3 is 5.97 Å². The van der Waals surface area contributed by atoms with Gasteiger partial charge in [0.15, 0.2) is 0 Å². The van der Waals surface area contributed by atoms with Gasteiger partial charge in [-0.1, -0.05) is 18.2 Å². The molecule has 1 aromatic carbocycles. The zero-order chi connectivity index (χ0) is 14.1. The monoisotopic (exact) mass is 271 g/mol. The minimum absolute atomic E-state index is 0.462. The van der Waals surface area contributed by atoms with Crippen molar-refractivity contribution in [1.29, 1.82) is 0 Å². The number of carboxylic acids is 1. The maximum Gasteiger partial charge on any atom is 0.322 e. The summed E-state index contributed by atoms with van der Waals surface area (Å²) in [4.78, 5) is 19.7. The van der Waals surface area contributed by atoms with Crippen LogP contribution in [0.4, 0.5) is 5.69 Å². The smallest absolute Gasteiger partial charge is 0.322 e. The highest BCUT2D eigenvalue weighted by molar-refractivity contribution is 5.91. The van der Waals surface area contributed by atoms with Gasteiger partial charge in [-0.05, 0) is 19.2 Å². The fraction of sp³-hybridized carbons (Fsp3) is 0.333. The molecule has 104 valence electrons. The lowest BCUT2D eigenvalue weighted by molar-refractivity contribution is -0.142. The Morgan fingerprint density at radius 3 is 2.90 bits per heavy atom. The quantitative estimate of drug-likeness (QED) is 0.895. The largest absolute Gasteiger partial charge is 0.480 e.